The summed E-state index contributed by atoms with van der Waals surface area (Å²) in [6, 6.07) is 6.10. The molecule has 1 spiro atoms. The third-order valence-electron chi connectivity index (χ3n) is 3.90. The van der Waals surface area contributed by atoms with Crippen LogP contribution >= 0.6 is 0 Å². The van der Waals surface area contributed by atoms with E-state index in [9.17, 15) is 4.79 Å². The second kappa shape index (κ2) is 3.09. The van der Waals surface area contributed by atoms with Crippen molar-refractivity contribution in [2.45, 2.75) is 32.6 Å². The molecule has 3 rings (SSSR count). The van der Waals surface area contributed by atoms with Gasteiger partial charge in [-0.3, -0.25) is 4.79 Å². The maximum absolute atomic E-state index is 12.3. The first-order valence-electron chi connectivity index (χ1n) is 6.06. The molecular formula is C14H17NO. The predicted molar refractivity (Wildman–Crippen MR) is 65.0 cm³/mol. The van der Waals surface area contributed by atoms with Crippen LogP contribution in [0.2, 0.25) is 0 Å². The summed E-state index contributed by atoms with van der Waals surface area (Å²) in [6.07, 6.45) is 2.12. The molecule has 2 heteroatoms. The molecule has 0 bridgehead atoms. The van der Waals surface area contributed by atoms with Crippen molar-refractivity contribution in [3.05, 3.63) is 29.3 Å². The van der Waals surface area contributed by atoms with Gasteiger partial charge in [-0.25, -0.2) is 0 Å². The molecule has 0 atom stereocenters. The molecule has 0 amide bonds. The van der Waals surface area contributed by atoms with E-state index in [1.165, 1.54) is 5.56 Å². The van der Waals surface area contributed by atoms with E-state index in [4.69, 9.17) is 0 Å². The third kappa shape index (κ3) is 1.22. The highest BCUT2D eigenvalue weighted by molar-refractivity contribution is 6.09. The van der Waals surface area contributed by atoms with Crippen molar-refractivity contribution < 1.29 is 4.79 Å². The summed E-state index contributed by atoms with van der Waals surface area (Å²) in [5.41, 5.74) is 3.22. The average molecular weight is 215 g/mol. The standard InChI is InChI=1S/C14H17NO/c1-9(2)10-4-3-5-11-12(10)15-8-14(6-7-14)13(11)16/h3-5,9,15H,6-8H2,1-2H3. The van der Waals surface area contributed by atoms with Gasteiger partial charge in [-0.2, -0.15) is 0 Å². The van der Waals surface area contributed by atoms with Gasteiger partial charge >= 0.3 is 0 Å². The minimum Gasteiger partial charge on any atom is -0.383 e. The Kier molecular flexibility index (Phi) is 1.91. The van der Waals surface area contributed by atoms with Gasteiger partial charge in [0.2, 0.25) is 0 Å². The summed E-state index contributed by atoms with van der Waals surface area (Å²) in [7, 11) is 0. The summed E-state index contributed by atoms with van der Waals surface area (Å²) >= 11 is 0. The third-order valence-corrected chi connectivity index (χ3v) is 3.90. The zero-order valence-corrected chi connectivity index (χ0v) is 9.84. The lowest BCUT2D eigenvalue weighted by molar-refractivity contribution is 0.0903. The van der Waals surface area contributed by atoms with Gasteiger partial charge in [0.15, 0.2) is 5.78 Å². The van der Waals surface area contributed by atoms with Crippen LogP contribution in [-0.4, -0.2) is 12.3 Å². The van der Waals surface area contributed by atoms with Gasteiger partial charge in [-0.15, -0.1) is 0 Å². The first kappa shape index (κ1) is 9.88. The van der Waals surface area contributed by atoms with Crippen LogP contribution < -0.4 is 5.32 Å². The lowest BCUT2D eigenvalue weighted by Gasteiger charge is -2.27. The fourth-order valence-corrected chi connectivity index (χ4v) is 2.62. The molecule has 0 saturated heterocycles. The number of nitrogens with one attached hydrogen (secondary N) is 1. The van der Waals surface area contributed by atoms with E-state index < -0.39 is 0 Å². The summed E-state index contributed by atoms with van der Waals surface area (Å²) < 4.78 is 0. The number of benzene rings is 1. The van der Waals surface area contributed by atoms with Crippen molar-refractivity contribution in [3.63, 3.8) is 0 Å². The fourth-order valence-electron chi connectivity index (χ4n) is 2.62. The summed E-state index contributed by atoms with van der Waals surface area (Å²) in [4.78, 5) is 12.3. The Labute approximate surface area is 96.1 Å². The number of hydrogen-bond donors (Lipinski definition) is 1. The lowest BCUT2D eigenvalue weighted by Crippen LogP contribution is -2.31. The molecule has 1 N–H and O–H groups in total. The SMILES string of the molecule is CC(C)c1cccc2c1NCC1(CC1)C2=O. The Bertz CT molecular complexity index is 458. The maximum atomic E-state index is 12.3. The summed E-state index contributed by atoms with van der Waals surface area (Å²) in [6.45, 7) is 5.18. The minimum absolute atomic E-state index is 0.0391. The molecule has 0 radical (unpaired) electrons. The molecule has 0 unspecified atom stereocenters. The first-order valence-corrected chi connectivity index (χ1v) is 6.06. The second-order valence-corrected chi connectivity index (χ2v) is 5.39. The molecule has 0 aromatic heterocycles. The molecular weight excluding hydrogens is 198 g/mol. The average Bonchev–Trinajstić information content (AvgIpc) is 3.04. The van der Waals surface area contributed by atoms with Crippen LogP contribution in [0.1, 0.15) is 48.5 Å². The van der Waals surface area contributed by atoms with E-state index in [2.05, 4.69) is 25.2 Å². The highest BCUT2D eigenvalue weighted by atomic mass is 16.1. The van der Waals surface area contributed by atoms with Gasteiger partial charge in [0.25, 0.3) is 0 Å². The van der Waals surface area contributed by atoms with Gasteiger partial charge in [-0.05, 0) is 30.4 Å². The number of rotatable bonds is 1. The zero-order valence-electron chi connectivity index (χ0n) is 9.84. The minimum atomic E-state index is -0.0391. The van der Waals surface area contributed by atoms with Crippen molar-refractivity contribution in [1.29, 1.82) is 0 Å². The Morgan fingerprint density at radius 2 is 2.06 bits per heavy atom. The number of Topliss-reactive ketones (excluding diaryl/α,β-unsaturated/α-hetero) is 1. The summed E-state index contributed by atoms with van der Waals surface area (Å²) in [5, 5.41) is 3.47. The molecule has 1 fully saturated rings. The van der Waals surface area contributed by atoms with Gasteiger partial charge in [0.05, 0.1) is 5.41 Å². The van der Waals surface area contributed by atoms with Crippen LogP contribution in [0.3, 0.4) is 0 Å². The van der Waals surface area contributed by atoms with Crippen molar-refractivity contribution >= 4 is 11.5 Å². The van der Waals surface area contributed by atoms with Crippen LogP contribution in [0.5, 0.6) is 0 Å². The molecule has 1 aliphatic carbocycles. The Morgan fingerprint density at radius 3 is 2.69 bits per heavy atom. The monoisotopic (exact) mass is 215 g/mol. The number of hydrogen-bond acceptors (Lipinski definition) is 2. The van der Waals surface area contributed by atoms with Gasteiger partial charge < -0.3 is 5.32 Å². The summed E-state index contributed by atoms with van der Waals surface area (Å²) in [5.74, 6) is 0.826. The largest absolute Gasteiger partial charge is 0.383 e. The number of para-hydroxylation sites is 1. The van der Waals surface area contributed by atoms with E-state index >= 15 is 0 Å². The molecule has 2 aliphatic rings. The Balaban J connectivity index is 2.12. The first-order chi connectivity index (χ1) is 7.64. The Morgan fingerprint density at radius 1 is 1.31 bits per heavy atom. The fraction of sp³-hybridized carbons (Fsp3) is 0.500. The van der Waals surface area contributed by atoms with Crippen molar-refractivity contribution in [1.82, 2.24) is 0 Å². The number of carbonyl (C=O) groups is 1. The molecule has 1 aliphatic heterocycles. The Hall–Kier alpha value is -1.31. The second-order valence-electron chi connectivity index (χ2n) is 5.39. The van der Waals surface area contributed by atoms with Crippen LogP contribution in [0.4, 0.5) is 5.69 Å². The van der Waals surface area contributed by atoms with Crippen LogP contribution in [0.25, 0.3) is 0 Å². The molecule has 2 nitrogen and oxygen atoms in total. The van der Waals surface area contributed by atoms with Crippen LogP contribution in [0, 0.1) is 5.41 Å². The molecule has 16 heavy (non-hydrogen) atoms. The number of anilines is 1. The van der Waals surface area contributed by atoms with Gasteiger partial charge in [0.1, 0.15) is 0 Å². The predicted octanol–water partition coefficient (Wildman–Crippen LogP) is 3.20. The van der Waals surface area contributed by atoms with E-state index in [0.717, 1.165) is 30.6 Å². The molecule has 1 saturated carbocycles. The van der Waals surface area contributed by atoms with E-state index in [-0.39, 0.29) is 5.41 Å². The quantitative estimate of drug-likeness (QED) is 0.779. The van der Waals surface area contributed by atoms with Gasteiger partial charge in [0, 0.05) is 17.8 Å². The van der Waals surface area contributed by atoms with Crippen molar-refractivity contribution in [2.75, 3.05) is 11.9 Å². The van der Waals surface area contributed by atoms with Crippen LogP contribution in [0.15, 0.2) is 18.2 Å². The van der Waals surface area contributed by atoms with E-state index in [0.29, 0.717) is 11.7 Å². The van der Waals surface area contributed by atoms with Crippen LogP contribution in [-0.2, 0) is 0 Å². The zero-order chi connectivity index (χ0) is 11.3. The lowest BCUT2D eigenvalue weighted by atomic mass is 9.86. The molecule has 1 aromatic rings. The highest BCUT2D eigenvalue weighted by Gasteiger charge is 2.52. The van der Waals surface area contributed by atoms with Crippen molar-refractivity contribution in [2.24, 2.45) is 5.41 Å². The van der Waals surface area contributed by atoms with E-state index in [1.807, 2.05) is 12.1 Å². The molecule has 1 aromatic carbocycles. The number of fused-ring (bicyclic) bond motifs is 1. The normalized spacial score (nSPS) is 20.8. The highest BCUT2D eigenvalue weighted by Crippen LogP contribution is 2.52. The topological polar surface area (TPSA) is 29.1 Å². The van der Waals surface area contributed by atoms with Crippen molar-refractivity contribution in [3.8, 4) is 0 Å². The number of ketones is 1. The molecule has 1 heterocycles. The smallest absolute Gasteiger partial charge is 0.172 e. The number of carbonyl (C=O) groups excluding carboxylic acids is 1. The molecule has 84 valence electrons. The van der Waals surface area contributed by atoms with E-state index in [1.54, 1.807) is 0 Å². The van der Waals surface area contributed by atoms with Gasteiger partial charge in [-0.1, -0.05) is 26.0 Å². The maximum Gasteiger partial charge on any atom is 0.172 e.